The molecule has 3 aromatic carbocycles. The summed E-state index contributed by atoms with van der Waals surface area (Å²) in [5, 5.41) is 2.97. The molecule has 152 valence electrons. The van der Waals surface area contributed by atoms with Gasteiger partial charge in [0.05, 0.1) is 5.69 Å². The van der Waals surface area contributed by atoms with Crippen molar-refractivity contribution >= 4 is 35.0 Å². The van der Waals surface area contributed by atoms with Gasteiger partial charge in [0.1, 0.15) is 5.82 Å². The molecular weight excluding hydrogens is 399 g/mol. The van der Waals surface area contributed by atoms with Crippen LogP contribution in [0.5, 0.6) is 0 Å². The van der Waals surface area contributed by atoms with Crippen molar-refractivity contribution in [2.24, 2.45) is 0 Å². The fourth-order valence-corrected chi connectivity index (χ4v) is 4.19. The van der Waals surface area contributed by atoms with Gasteiger partial charge < -0.3 is 10.2 Å². The molecule has 1 aliphatic heterocycles. The smallest absolute Gasteiger partial charge is 0.258 e. The zero-order chi connectivity index (χ0) is 21.1. The minimum atomic E-state index is -0.371. The fraction of sp³-hybridized carbons (Fsp3) is 0.167. The summed E-state index contributed by atoms with van der Waals surface area (Å²) in [4.78, 5) is 28.4. The Bertz CT molecular complexity index is 1100. The van der Waals surface area contributed by atoms with Gasteiger partial charge >= 0.3 is 0 Å². The van der Waals surface area contributed by atoms with Crippen molar-refractivity contribution in [1.82, 2.24) is 0 Å². The monoisotopic (exact) mass is 420 g/mol. The Morgan fingerprint density at radius 2 is 1.73 bits per heavy atom. The molecule has 0 fully saturated rings. The van der Waals surface area contributed by atoms with Crippen molar-refractivity contribution < 1.29 is 14.0 Å². The van der Waals surface area contributed by atoms with Crippen molar-refractivity contribution in [1.29, 1.82) is 0 Å². The lowest BCUT2D eigenvalue weighted by atomic mass is 9.98. The van der Waals surface area contributed by atoms with Crippen LogP contribution in [0.3, 0.4) is 0 Å². The summed E-state index contributed by atoms with van der Waals surface area (Å²) in [6.07, 6.45) is 3.57. The maximum atomic E-state index is 13.2. The van der Waals surface area contributed by atoms with Crippen LogP contribution in [0.15, 0.2) is 71.6 Å². The van der Waals surface area contributed by atoms with E-state index in [0.29, 0.717) is 17.7 Å². The van der Waals surface area contributed by atoms with Gasteiger partial charge in [-0.2, -0.15) is 0 Å². The van der Waals surface area contributed by atoms with Crippen LogP contribution in [-0.2, 0) is 6.42 Å². The van der Waals surface area contributed by atoms with Gasteiger partial charge in [-0.3, -0.25) is 9.59 Å². The third-order valence-corrected chi connectivity index (χ3v) is 5.95. The highest BCUT2D eigenvalue weighted by molar-refractivity contribution is 7.98. The van der Waals surface area contributed by atoms with Gasteiger partial charge in [-0.25, -0.2) is 4.39 Å². The zero-order valence-electron chi connectivity index (χ0n) is 16.5. The molecule has 1 aliphatic rings. The maximum absolute atomic E-state index is 13.2. The van der Waals surface area contributed by atoms with E-state index < -0.39 is 0 Å². The predicted octanol–water partition coefficient (Wildman–Crippen LogP) is 5.39. The maximum Gasteiger partial charge on any atom is 0.258 e. The number of carbonyl (C=O) groups is 2. The number of halogens is 1. The van der Waals surface area contributed by atoms with Crippen LogP contribution in [0.2, 0.25) is 0 Å². The second-order valence-electron chi connectivity index (χ2n) is 7.07. The lowest BCUT2D eigenvalue weighted by Gasteiger charge is -2.30. The summed E-state index contributed by atoms with van der Waals surface area (Å²) >= 11 is 1.58. The molecule has 3 aromatic rings. The quantitative estimate of drug-likeness (QED) is 0.576. The molecule has 0 saturated carbocycles. The topological polar surface area (TPSA) is 49.4 Å². The number of aryl methyl sites for hydroxylation is 1. The highest BCUT2D eigenvalue weighted by atomic mass is 32.2. The summed E-state index contributed by atoms with van der Waals surface area (Å²) in [5.41, 5.74) is 3.54. The van der Waals surface area contributed by atoms with E-state index in [0.717, 1.165) is 34.7 Å². The van der Waals surface area contributed by atoms with Crippen molar-refractivity contribution in [3.63, 3.8) is 0 Å². The lowest BCUT2D eigenvalue weighted by molar-refractivity contribution is 0.0984. The largest absolute Gasteiger partial charge is 0.321 e. The second-order valence-corrected chi connectivity index (χ2v) is 7.91. The molecule has 4 rings (SSSR count). The number of hydrogen-bond acceptors (Lipinski definition) is 3. The van der Waals surface area contributed by atoms with E-state index in [-0.39, 0.29) is 17.6 Å². The SMILES string of the molecule is CSc1ccccc1NC(=O)c1ccc2c(c1)CCCN2C(=O)c1ccc(F)cc1. The number of para-hydroxylation sites is 1. The number of fused-ring (bicyclic) bond motifs is 1. The average Bonchev–Trinajstić information content (AvgIpc) is 2.78. The van der Waals surface area contributed by atoms with Crippen molar-refractivity contribution in [2.45, 2.75) is 17.7 Å². The first kappa shape index (κ1) is 20.2. The Kier molecular flexibility index (Phi) is 5.86. The van der Waals surface area contributed by atoms with E-state index in [1.807, 2.05) is 42.7 Å². The van der Waals surface area contributed by atoms with Gasteiger partial charge in [0.25, 0.3) is 11.8 Å². The van der Waals surface area contributed by atoms with Gasteiger partial charge in [0.2, 0.25) is 0 Å². The molecule has 0 radical (unpaired) electrons. The Balaban J connectivity index is 1.58. The van der Waals surface area contributed by atoms with Crippen molar-refractivity contribution in [3.8, 4) is 0 Å². The minimum Gasteiger partial charge on any atom is -0.321 e. The molecule has 4 nitrogen and oxygen atoms in total. The Morgan fingerprint density at radius 3 is 2.50 bits per heavy atom. The molecule has 0 saturated heterocycles. The first-order valence-electron chi connectivity index (χ1n) is 9.71. The highest BCUT2D eigenvalue weighted by Gasteiger charge is 2.24. The lowest BCUT2D eigenvalue weighted by Crippen LogP contribution is -2.35. The second kappa shape index (κ2) is 8.71. The number of benzene rings is 3. The molecule has 0 aliphatic carbocycles. The molecule has 0 aromatic heterocycles. The minimum absolute atomic E-state index is 0.165. The molecule has 30 heavy (non-hydrogen) atoms. The van der Waals surface area contributed by atoms with E-state index in [9.17, 15) is 14.0 Å². The van der Waals surface area contributed by atoms with Gasteiger partial charge in [-0.15, -0.1) is 11.8 Å². The predicted molar refractivity (Wildman–Crippen MR) is 119 cm³/mol. The van der Waals surface area contributed by atoms with Crippen LogP contribution in [0.1, 0.15) is 32.7 Å². The third-order valence-electron chi connectivity index (χ3n) is 5.15. The standard InChI is InChI=1S/C24H21FN2O2S/c1-30-22-7-3-2-6-20(22)26-23(28)18-10-13-21-17(15-18)5-4-14-27(21)24(29)16-8-11-19(25)12-9-16/h2-3,6-13,15H,4-5,14H2,1H3,(H,26,28). The van der Waals surface area contributed by atoms with Crippen LogP contribution in [0.25, 0.3) is 0 Å². The first-order chi connectivity index (χ1) is 14.6. The van der Waals surface area contributed by atoms with Crippen molar-refractivity contribution in [2.75, 3.05) is 23.0 Å². The van der Waals surface area contributed by atoms with Gasteiger partial charge in [0, 0.05) is 28.3 Å². The Morgan fingerprint density at radius 1 is 1.00 bits per heavy atom. The molecule has 0 spiro atoms. The number of thioether (sulfide) groups is 1. The number of nitrogens with zero attached hydrogens (tertiary/aromatic N) is 1. The molecule has 0 atom stereocenters. The normalized spacial score (nSPS) is 12.9. The highest BCUT2D eigenvalue weighted by Crippen LogP contribution is 2.30. The van der Waals surface area contributed by atoms with Crippen LogP contribution in [-0.4, -0.2) is 24.6 Å². The summed E-state index contributed by atoms with van der Waals surface area (Å²) < 4.78 is 13.2. The van der Waals surface area contributed by atoms with E-state index in [2.05, 4.69) is 5.32 Å². The summed E-state index contributed by atoms with van der Waals surface area (Å²) in [5.74, 6) is -0.715. The van der Waals surface area contributed by atoms with Gasteiger partial charge in [0.15, 0.2) is 0 Å². The summed E-state index contributed by atoms with van der Waals surface area (Å²) in [6, 6.07) is 18.7. The average molecular weight is 421 g/mol. The van der Waals surface area contributed by atoms with Crippen LogP contribution in [0.4, 0.5) is 15.8 Å². The molecular formula is C24H21FN2O2S. The third kappa shape index (κ3) is 4.09. The molecule has 6 heteroatoms. The van der Waals surface area contributed by atoms with E-state index >= 15 is 0 Å². The van der Waals surface area contributed by atoms with Crippen molar-refractivity contribution in [3.05, 3.63) is 89.2 Å². The van der Waals surface area contributed by atoms with Gasteiger partial charge in [-0.05, 0) is 79.3 Å². The van der Waals surface area contributed by atoms with Crippen LogP contribution >= 0.6 is 11.8 Å². The number of amides is 2. The Labute approximate surface area is 179 Å². The summed E-state index contributed by atoms with van der Waals surface area (Å²) in [6.45, 7) is 0.593. The number of hydrogen-bond donors (Lipinski definition) is 1. The number of carbonyl (C=O) groups excluding carboxylic acids is 2. The molecule has 0 bridgehead atoms. The zero-order valence-corrected chi connectivity index (χ0v) is 17.3. The van der Waals surface area contributed by atoms with Crippen LogP contribution in [0, 0.1) is 5.82 Å². The number of rotatable bonds is 4. The molecule has 1 N–H and O–H groups in total. The number of nitrogens with one attached hydrogen (secondary N) is 1. The van der Waals surface area contributed by atoms with E-state index in [1.165, 1.54) is 24.3 Å². The van der Waals surface area contributed by atoms with E-state index in [1.54, 1.807) is 22.7 Å². The van der Waals surface area contributed by atoms with E-state index in [4.69, 9.17) is 0 Å². The molecule has 2 amide bonds. The fourth-order valence-electron chi connectivity index (χ4n) is 3.64. The molecule has 0 unspecified atom stereocenters. The first-order valence-corrected chi connectivity index (χ1v) is 10.9. The van der Waals surface area contributed by atoms with Gasteiger partial charge in [-0.1, -0.05) is 12.1 Å². The molecule has 1 heterocycles. The number of anilines is 2. The Hall–Kier alpha value is -3.12. The van der Waals surface area contributed by atoms with Crippen LogP contribution < -0.4 is 10.2 Å². The summed E-state index contributed by atoms with van der Waals surface area (Å²) in [7, 11) is 0.